The summed E-state index contributed by atoms with van der Waals surface area (Å²) in [6, 6.07) is 15.8. The van der Waals surface area contributed by atoms with Crippen LogP contribution < -0.4 is 5.32 Å². The number of halogens is 1. The molecule has 4 heteroatoms. The van der Waals surface area contributed by atoms with Gasteiger partial charge in [-0.2, -0.15) is 0 Å². The zero-order chi connectivity index (χ0) is 16.9. The molecule has 0 saturated carbocycles. The minimum Gasteiger partial charge on any atom is -0.361 e. The number of amides is 1. The van der Waals surface area contributed by atoms with Crippen molar-refractivity contribution in [2.75, 3.05) is 0 Å². The predicted molar refractivity (Wildman–Crippen MR) is 99.2 cm³/mol. The highest BCUT2D eigenvalue weighted by atomic mass is 35.5. The van der Waals surface area contributed by atoms with Gasteiger partial charge in [-0.05, 0) is 49.1 Å². The summed E-state index contributed by atoms with van der Waals surface area (Å²) in [4.78, 5) is 15.4. The molecule has 1 heterocycles. The van der Waals surface area contributed by atoms with Crippen LogP contribution in [0.3, 0.4) is 0 Å². The molecule has 1 amide bonds. The Morgan fingerprint density at radius 1 is 1.21 bits per heavy atom. The number of aromatic amines is 1. The van der Waals surface area contributed by atoms with Gasteiger partial charge in [0.05, 0.1) is 6.04 Å². The van der Waals surface area contributed by atoms with Gasteiger partial charge in [-0.15, -0.1) is 0 Å². The van der Waals surface area contributed by atoms with Crippen molar-refractivity contribution in [3.05, 3.63) is 70.9 Å². The van der Waals surface area contributed by atoms with E-state index >= 15 is 0 Å². The molecule has 24 heavy (non-hydrogen) atoms. The fraction of sp³-hybridized carbons (Fsp3) is 0.250. The van der Waals surface area contributed by atoms with Crippen molar-refractivity contribution >= 4 is 28.4 Å². The number of para-hydroxylation sites is 1. The van der Waals surface area contributed by atoms with Crippen LogP contribution in [0.4, 0.5) is 0 Å². The molecule has 0 aliphatic heterocycles. The second-order valence-corrected chi connectivity index (χ2v) is 6.49. The van der Waals surface area contributed by atoms with Crippen molar-refractivity contribution in [2.45, 2.75) is 32.2 Å². The Morgan fingerprint density at radius 2 is 2.04 bits per heavy atom. The quantitative estimate of drug-likeness (QED) is 0.650. The zero-order valence-corrected chi connectivity index (χ0v) is 14.4. The molecule has 124 valence electrons. The van der Waals surface area contributed by atoms with Gasteiger partial charge in [-0.25, -0.2) is 0 Å². The number of nitrogens with one attached hydrogen (secondary N) is 2. The van der Waals surface area contributed by atoms with E-state index in [-0.39, 0.29) is 11.9 Å². The Bertz CT molecular complexity index is 840. The van der Waals surface area contributed by atoms with Crippen molar-refractivity contribution in [3.63, 3.8) is 0 Å². The van der Waals surface area contributed by atoms with Gasteiger partial charge in [-0.3, -0.25) is 4.79 Å². The molecule has 3 nitrogen and oxygen atoms in total. The fourth-order valence-electron chi connectivity index (χ4n) is 2.95. The van der Waals surface area contributed by atoms with E-state index < -0.39 is 0 Å². The number of aryl methyl sites for hydroxylation is 1. The molecule has 0 aliphatic carbocycles. The van der Waals surface area contributed by atoms with Crippen LogP contribution >= 0.6 is 11.6 Å². The Labute approximate surface area is 147 Å². The van der Waals surface area contributed by atoms with Crippen molar-refractivity contribution < 1.29 is 4.79 Å². The summed E-state index contributed by atoms with van der Waals surface area (Å²) in [6.07, 6.45) is 4.28. The van der Waals surface area contributed by atoms with E-state index in [2.05, 4.69) is 22.4 Å². The van der Waals surface area contributed by atoms with Gasteiger partial charge < -0.3 is 10.3 Å². The first-order valence-corrected chi connectivity index (χ1v) is 8.61. The van der Waals surface area contributed by atoms with Crippen LogP contribution in [0.25, 0.3) is 10.9 Å². The van der Waals surface area contributed by atoms with E-state index in [1.54, 1.807) is 0 Å². The lowest BCUT2D eigenvalue weighted by Crippen LogP contribution is -2.26. The van der Waals surface area contributed by atoms with Crippen LogP contribution in [0.1, 0.15) is 36.9 Å². The number of hydrogen-bond donors (Lipinski definition) is 2. The van der Waals surface area contributed by atoms with Crippen LogP contribution in [0.15, 0.2) is 54.7 Å². The maximum atomic E-state index is 12.2. The Morgan fingerprint density at radius 3 is 2.88 bits per heavy atom. The fourth-order valence-corrected chi connectivity index (χ4v) is 3.15. The molecule has 0 radical (unpaired) electrons. The third kappa shape index (κ3) is 3.98. The zero-order valence-electron chi connectivity index (χ0n) is 13.7. The first-order valence-electron chi connectivity index (χ1n) is 8.23. The van der Waals surface area contributed by atoms with E-state index in [9.17, 15) is 4.79 Å². The molecule has 3 rings (SSSR count). The minimum absolute atomic E-state index is 0.0377. The van der Waals surface area contributed by atoms with Gasteiger partial charge >= 0.3 is 0 Å². The Hall–Kier alpha value is -2.26. The van der Waals surface area contributed by atoms with Crippen LogP contribution in [0.5, 0.6) is 0 Å². The number of fused-ring (bicyclic) bond motifs is 1. The number of rotatable bonds is 6. The van der Waals surface area contributed by atoms with Crippen molar-refractivity contribution in [1.29, 1.82) is 0 Å². The molecule has 0 aliphatic rings. The standard InChI is InChI=1S/C20H21ClN2O/c1-14(15-6-4-8-17(21)12-15)23-20(24)11-5-7-16-13-22-19-10-3-2-9-18(16)19/h2-4,6,8-10,12-14,22H,5,7,11H2,1H3,(H,23,24). The molecule has 2 N–H and O–H groups in total. The number of benzene rings is 2. The van der Waals surface area contributed by atoms with Crippen LogP contribution in [-0.2, 0) is 11.2 Å². The summed E-state index contributed by atoms with van der Waals surface area (Å²) in [6.45, 7) is 1.98. The van der Waals surface area contributed by atoms with Crippen LogP contribution in [0, 0.1) is 0 Å². The predicted octanol–water partition coefficient (Wildman–Crippen LogP) is 5.02. The van der Waals surface area contributed by atoms with E-state index in [0.717, 1.165) is 23.9 Å². The maximum absolute atomic E-state index is 12.2. The Kier molecular flexibility index (Phi) is 5.21. The lowest BCUT2D eigenvalue weighted by molar-refractivity contribution is -0.121. The van der Waals surface area contributed by atoms with Crippen LogP contribution in [-0.4, -0.2) is 10.9 Å². The van der Waals surface area contributed by atoms with Crippen molar-refractivity contribution in [1.82, 2.24) is 10.3 Å². The number of H-pyrrole nitrogens is 1. The van der Waals surface area contributed by atoms with Gasteiger partial charge in [0.25, 0.3) is 0 Å². The largest absolute Gasteiger partial charge is 0.361 e. The number of aromatic nitrogens is 1. The van der Waals surface area contributed by atoms with Crippen LogP contribution in [0.2, 0.25) is 5.02 Å². The molecular weight excluding hydrogens is 320 g/mol. The third-order valence-electron chi connectivity index (χ3n) is 4.25. The molecule has 3 aromatic rings. The second kappa shape index (κ2) is 7.54. The first kappa shape index (κ1) is 16.6. The third-order valence-corrected chi connectivity index (χ3v) is 4.49. The second-order valence-electron chi connectivity index (χ2n) is 6.06. The summed E-state index contributed by atoms with van der Waals surface area (Å²) in [5.74, 6) is 0.0716. The number of carbonyl (C=O) groups excluding carboxylic acids is 1. The summed E-state index contributed by atoms with van der Waals surface area (Å²) in [5, 5.41) is 4.96. The topological polar surface area (TPSA) is 44.9 Å². The summed E-state index contributed by atoms with van der Waals surface area (Å²) in [7, 11) is 0. The van der Waals surface area contributed by atoms with Gasteiger partial charge in [0, 0.05) is 28.5 Å². The monoisotopic (exact) mass is 340 g/mol. The number of hydrogen-bond acceptors (Lipinski definition) is 1. The summed E-state index contributed by atoms with van der Waals surface area (Å²) in [5.41, 5.74) is 3.43. The van der Waals surface area contributed by atoms with Gasteiger partial charge in [0.2, 0.25) is 5.91 Å². The average Bonchev–Trinajstić information content (AvgIpc) is 2.98. The summed E-state index contributed by atoms with van der Waals surface area (Å²) >= 11 is 6.00. The molecule has 0 fully saturated rings. The van der Waals surface area contributed by atoms with E-state index in [1.807, 2.05) is 49.5 Å². The Balaban J connectivity index is 1.50. The van der Waals surface area contributed by atoms with Gasteiger partial charge in [-0.1, -0.05) is 41.9 Å². The highest BCUT2D eigenvalue weighted by Gasteiger charge is 2.10. The van der Waals surface area contributed by atoms with E-state index in [0.29, 0.717) is 11.4 Å². The lowest BCUT2D eigenvalue weighted by Gasteiger charge is -2.14. The smallest absolute Gasteiger partial charge is 0.220 e. The number of carbonyl (C=O) groups is 1. The highest BCUT2D eigenvalue weighted by molar-refractivity contribution is 6.30. The summed E-state index contributed by atoms with van der Waals surface area (Å²) < 4.78 is 0. The van der Waals surface area contributed by atoms with E-state index in [1.165, 1.54) is 10.9 Å². The van der Waals surface area contributed by atoms with Crippen molar-refractivity contribution in [3.8, 4) is 0 Å². The normalized spacial score (nSPS) is 12.2. The van der Waals surface area contributed by atoms with Gasteiger partial charge in [0.1, 0.15) is 0 Å². The maximum Gasteiger partial charge on any atom is 0.220 e. The average molecular weight is 341 g/mol. The molecule has 0 spiro atoms. The molecule has 1 unspecified atom stereocenters. The van der Waals surface area contributed by atoms with Crippen molar-refractivity contribution in [2.24, 2.45) is 0 Å². The minimum atomic E-state index is -0.0377. The molecule has 1 aromatic heterocycles. The first-order chi connectivity index (χ1) is 11.6. The van der Waals surface area contributed by atoms with Gasteiger partial charge in [0.15, 0.2) is 0 Å². The molecular formula is C20H21ClN2O. The SMILES string of the molecule is CC(NC(=O)CCCc1c[nH]c2ccccc12)c1cccc(Cl)c1. The molecule has 1 atom stereocenters. The highest BCUT2D eigenvalue weighted by Crippen LogP contribution is 2.20. The lowest BCUT2D eigenvalue weighted by atomic mass is 10.1. The molecule has 2 aromatic carbocycles. The van der Waals surface area contributed by atoms with E-state index in [4.69, 9.17) is 11.6 Å². The molecule has 0 saturated heterocycles. The molecule has 0 bridgehead atoms.